The molecule has 1 aromatic carbocycles. The van der Waals surface area contributed by atoms with Gasteiger partial charge >= 0.3 is 0 Å². The van der Waals surface area contributed by atoms with Crippen LogP contribution in [0.3, 0.4) is 0 Å². The van der Waals surface area contributed by atoms with Gasteiger partial charge in [0, 0.05) is 11.3 Å². The summed E-state index contributed by atoms with van der Waals surface area (Å²) in [6, 6.07) is 12.8. The molecule has 0 atom stereocenters. The van der Waals surface area contributed by atoms with Crippen LogP contribution < -0.4 is 0 Å². The number of imidazole rings is 1. The SMILES string of the molecule is c1csc(-c2nc3c([nH]2)CCc2ccccc2-3)c1. The van der Waals surface area contributed by atoms with E-state index >= 15 is 0 Å². The summed E-state index contributed by atoms with van der Waals surface area (Å²) < 4.78 is 0. The molecule has 3 heteroatoms. The predicted octanol–water partition coefficient (Wildman–Crippen LogP) is 3.90. The lowest BCUT2D eigenvalue weighted by Crippen LogP contribution is -2.02. The Kier molecular flexibility index (Phi) is 2.14. The second-order valence-corrected chi connectivity index (χ2v) is 5.49. The number of aromatic amines is 1. The molecule has 0 saturated heterocycles. The molecule has 0 bridgehead atoms. The van der Waals surface area contributed by atoms with Crippen LogP contribution in [0.25, 0.3) is 22.0 Å². The van der Waals surface area contributed by atoms with E-state index in [1.807, 2.05) is 0 Å². The standard InChI is InChI=1S/C15H12N2S/c1-2-5-11-10(4-1)7-8-12-14(11)17-15(16-12)13-6-3-9-18-13/h1-6,9H,7-8H2,(H,16,17). The molecule has 2 aromatic heterocycles. The van der Waals surface area contributed by atoms with Crippen molar-refractivity contribution in [3.63, 3.8) is 0 Å². The molecule has 88 valence electrons. The van der Waals surface area contributed by atoms with Crippen LogP contribution in [0.4, 0.5) is 0 Å². The molecule has 0 saturated carbocycles. The van der Waals surface area contributed by atoms with E-state index < -0.39 is 0 Å². The molecular weight excluding hydrogens is 240 g/mol. The molecule has 3 aromatic rings. The van der Waals surface area contributed by atoms with Crippen molar-refractivity contribution in [3.05, 3.63) is 53.0 Å². The molecule has 0 radical (unpaired) electrons. The van der Waals surface area contributed by atoms with Crippen molar-refractivity contribution in [1.82, 2.24) is 9.97 Å². The molecule has 1 aliphatic rings. The Hall–Kier alpha value is -1.87. The Morgan fingerprint density at radius 2 is 2.00 bits per heavy atom. The van der Waals surface area contributed by atoms with E-state index in [4.69, 9.17) is 4.98 Å². The molecule has 0 fully saturated rings. The van der Waals surface area contributed by atoms with Crippen LogP contribution in [0.2, 0.25) is 0 Å². The average molecular weight is 252 g/mol. The number of H-pyrrole nitrogens is 1. The highest BCUT2D eigenvalue weighted by Gasteiger charge is 2.20. The molecule has 2 nitrogen and oxygen atoms in total. The number of hydrogen-bond donors (Lipinski definition) is 1. The number of aryl methyl sites for hydroxylation is 2. The van der Waals surface area contributed by atoms with Crippen LogP contribution >= 0.6 is 11.3 Å². The van der Waals surface area contributed by atoms with Gasteiger partial charge < -0.3 is 4.98 Å². The summed E-state index contributed by atoms with van der Waals surface area (Å²) >= 11 is 1.73. The van der Waals surface area contributed by atoms with Crippen molar-refractivity contribution < 1.29 is 0 Å². The number of nitrogens with one attached hydrogen (secondary N) is 1. The quantitative estimate of drug-likeness (QED) is 0.699. The summed E-state index contributed by atoms with van der Waals surface area (Å²) in [6.07, 6.45) is 2.17. The van der Waals surface area contributed by atoms with Crippen molar-refractivity contribution in [3.8, 4) is 22.0 Å². The first kappa shape index (κ1) is 10.1. The lowest BCUT2D eigenvalue weighted by molar-refractivity contribution is 0.909. The van der Waals surface area contributed by atoms with Crippen molar-refractivity contribution in [2.45, 2.75) is 12.8 Å². The summed E-state index contributed by atoms with van der Waals surface area (Å²) in [6.45, 7) is 0. The first-order valence-electron chi connectivity index (χ1n) is 6.13. The number of fused-ring (bicyclic) bond motifs is 3. The van der Waals surface area contributed by atoms with Gasteiger partial charge in [0.05, 0.1) is 10.6 Å². The third-order valence-electron chi connectivity index (χ3n) is 3.45. The van der Waals surface area contributed by atoms with Gasteiger partial charge in [-0.25, -0.2) is 4.98 Å². The fourth-order valence-electron chi connectivity index (χ4n) is 2.57. The molecule has 1 N–H and O–H groups in total. The highest BCUT2D eigenvalue weighted by atomic mass is 32.1. The van der Waals surface area contributed by atoms with Gasteiger partial charge in [0.25, 0.3) is 0 Å². The lowest BCUT2D eigenvalue weighted by atomic mass is 9.93. The zero-order valence-corrected chi connectivity index (χ0v) is 10.6. The molecule has 1 aliphatic carbocycles. The second-order valence-electron chi connectivity index (χ2n) is 4.55. The Morgan fingerprint density at radius 3 is 2.89 bits per heavy atom. The monoisotopic (exact) mass is 252 g/mol. The fourth-order valence-corrected chi connectivity index (χ4v) is 3.24. The summed E-state index contributed by atoms with van der Waals surface area (Å²) in [5.74, 6) is 1.01. The molecule has 4 rings (SSSR count). The molecule has 0 unspecified atom stereocenters. The molecular formula is C15H12N2S. The van der Waals surface area contributed by atoms with Gasteiger partial charge in [-0.05, 0) is 29.9 Å². The average Bonchev–Trinajstić information content (AvgIpc) is 3.07. The van der Waals surface area contributed by atoms with Crippen LogP contribution in [0.1, 0.15) is 11.3 Å². The number of nitrogens with zero attached hydrogens (tertiary/aromatic N) is 1. The predicted molar refractivity (Wildman–Crippen MR) is 74.7 cm³/mol. The van der Waals surface area contributed by atoms with Crippen LogP contribution in [0.5, 0.6) is 0 Å². The summed E-state index contributed by atoms with van der Waals surface area (Å²) in [7, 11) is 0. The fraction of sp³-hybridized carbons (Fsp3) is 0.133. The van der Waals surface area contributed by atoms with Crippen molar-refractivity contribution in [2.24, 2.45) is 0 Å². The van der Waals surface area contributed by atoms with Crippen LogP contribution in [-0.4, -0.2) is 9.97 Å². The number of rotatable bonds is 1. The molecule has 18 heavy (non-hydrogen) atoms. The van der Waals surface area contributed by atoms with E-state index in [9.17, 15) is 0 Å². The van der Waals surface area contributed by atoms with Crippen molar-refractivity contribution >= 4 is 11.3 Å². The minimum absolute atomic E-state index is 1.01. The van der Waals surface area contributed by atoms with Gasteiger partial charge in [0.1, 0.15) is 5.82 Å². The number of benzene rings is 1. The second kappa shape index (κ2) is 3.82. The van der Waals surface area contributed by atoms with E-state index in [-0.39, 0.29) is 0 Å². The van der Waals surface area contributed by atoms with E-state index in [1.165, 1.54) is 21.7 Å². The Morgan fingerprint density at radius 1 is 1.06 bits per heavy atom. The Labute approximate surface area is 109 Å². The van der Waals surface area contributed by atoms with Crippen LogP contribution in [0, 0.1) is 0 Å². The smallest absolute Gasteiger partial charge is 0.148 e. The maximum absolute atomic E-state index is 4.79. The zero-order chi connectivity index (χ0) is 11.9. The van der Waals surface area contributed by atoms with Gasteiger partial charge in [0.15, 0.2) is 0 Å². The lowest BCUT2D eigenvalue weighted by Gasteiger charge is -2.14. The Bertz CT molecular complexity index is 695. The maximum Gasteiger partial charge on any atom is 0.148 e. The van der Waals surface area contributed by atoms with Gasteiger partial charge in [-0.2, -0.15) is 0 Å². The van der Waals surface area contributed by atoms with Crippen LogP contribution in [-0.2, 0) is 12.8 Å². The third kappa shape index (κ3) is 1.44. The molecule has 0 aliphatic heterocycles. The maximum atomic E-state index is 4.79. The summed E-state index contributed by atoms with van der Waals surface area (Å²) in [5.41, 5.74) is 5.12. The minimum Gasteiger partial charge on any atom is -0.341 e. The van der Waals surface area contributed by atoms with Crippen molar-refractivity contribution in [2.75, 3.05) is 0 Å². The number of aromatic nitrogens is 2. The van der Waals surface area contributed by atoms with Gasteiger partial charge in [0.2, 0.25) is 0 Å². The largest absolute Gasteiger partial charge is 0.341 e. The highest BCUT2D eigenvalue weighted by Crippen LogP contribution is 2.34. The first-order chi connectivity index (χ1) is 8.92. The first-order valence-corrected chi connectivity index (χ1v) is 7.01. The highest BCUT2D eigenvalue weighted by molar-refractivity contribution is 7.13. The number of hydrogen-bond acceptors (Lipinski definition) is 2. The molecule has 0 amide bonds. The molecule has 2 heterocycles. The normalized spacial score (nSPS) is 13.1. The van der Waals surface area contributed by atoms with E-state index in [0.29, 0.717) is 0 Å². The topological polar surface area (TPSA) is 28.7 Å². The summed E-state index contributed by atoms with van der Waals surface area (Å²) in [4.78, 5) is 9.48. The minimum atomic E-state index is 1.01. The van der Waals surface area contributed by atoms with E-state index in [0.717, 1.165) is 24.4 Å². The Balaban J connectivity index is 1.90. The van der Waals surface area contributed by atoms with E-state index in [2.05, 4.69) is 46.8 Å². The van der Waals surface area contributed by atoms with Gasteiger partial charge in [-0.15, -0.1) is 11.3 Å². The third-order valence-corrected chi connectivity index (χ3v) is 4.33. The zero-order valence-electron chi connectivity index (χ0n) is 9.81. The van der Waals surface area contributed by atoms with E-state index in [1.54, 1.807) is 11.3 Å². The molecule has 0 spiro atoms. The van der Waals surface area contributed by atoms with Gasteiger partial charge in [-0.1, -0.05) is 30.3 Å². The van der Waals surface area contributed by atoms with Gasteiger partial charge in [-0.3, -0.25) is 0 Å². The van der Waals surface area contributed by atoms with Crippen LogP contribution in [0.15, 0.2) is 41.8 Å². The van der Waals surface area contributed by atoms with Crippen molar-refractivity contribution in [1.29, 1.82) is 0 Å². The number of thiophene rings is 1. The summed E-state index contributed by atoms with van der Waals surface area (Å²) in [5, 5.41) is 2.09.